The number of rotatable bonds is 2. The molecule has 3 rings (SSSR count). The van der Waals surface area contributed by atoms with Crippen molar-refractivity contribution in [2.75, 3.05) is 26.3 Å². The molecule has 5 nitrogen and oxygen atoms in total. The second kappa shape index (κ2) is 4.88. The molecule has 6 heteroatoms. The number of benzene rings is 1. The fourth-order valence-corrected chi connectivity index (χ4v) is 2.31. The van der Waals surface area contributed by atoms with Gasteiger partial charge >= 0.3 is 0 Å². The Morgan fingerprint density at radius 1 is 1.32 bits per heavy atom. The van der Waals surface area contributed by atoms with Crippen molar-refractivity contribution < 1.29 is 18.7 Å². The van der Waals surface area contributed by atoms with Crippen molar-refractivity contribution in [3.63, 3.8) is 0 Å². The predicted octanol–water partition coefficient (Wildman–Crippen LogP) is 0.458. The highest BCUT2D eigenvalue weighted by Gasteiger charge is 2.44. The van der Waals surface area contributed by atoms with Gasteiger partial charge in [-0.1, -0.05) is 12.1 Å². The van der Waals surface area contributed by atoms with Crippen molar-refractivity contribution in [2.45, 2.75) is 12.2 Å². The lowest BCUT2D eigenvalue weighted by atomic mass is 10.1. The van der Waals surface area contributed by atoms with E-state index in [1.54, 1.807) is 12.1 Å². The van der Waals surface area contributed by atoms with Gasteiger partial charge in [0.05, 0.1) is 32.7 Å². The summed E-state index contributed by atoms with van der Waals surface area (Å²) < 4.78 is 23.8. The van der Waals surface area contributed by atoms with Gasteiger partial charge in [0.15, 0.2) is 0 Å². The normalized spacial score (nSPS) is 21.2. The SMILES string of the molecule is O=C(Cc1ccc(F)cc1)N1CC2(CN1)OCCO2. The summed E-state index contributed by atoms with van der Waals surface area (Å²) in [4.78, 5) is 12.1. The van der Waals surface area contributed by atoms with E-state index in [1.807, 2.05) is 0 Å². The molecule has 0 radical (unpaired) electrons. The molecule has 2 aliphatic heterocycles. The fourth-order valence-electron chi connectivity index (χ4n) is 2.31. The van der Waals surface area contributed by atoms with Gasteiger partial charge in [-0.3, -0.25) is 9.80 Å². The molecule has 2 saturated heterocycles. The third-order valence-electron chi connectivity index (χ3n) is 3.32. The summed E-state index contributed by atoms with van der Waals surface area (Å²) in [5.74, 6) is -1.07. The Hall–Kier alpha value is -1.50. The molecule has 1 aromatic rings. The van der Waals surface area contributed by atoms with Crippen LogP contribution in [0.5, 0.6) is 0 Å². The van der Waals surface area contributed by atoms with Crippen molar-refractivity contribution in [1.82, 2.24) is 10.4 Å². The Morgan fingerprint density at radius 3 is 2.68 bits per heavy atom. The summed E-state index contributed by atoms with van der Waals surface area (Å²) in [6.45, 7) is 1.97. The van der Waals surface area contributed by atoms with E-state index in [-0.39, 0.29) is 18.1 Å². The van der Waals surface area contributed by atoms with Gasteiger partial charge < -0.3 is 9.47 Å². The first-order chi connectivity index (χ1) is 9.17. The van der Waals surface area contributed by atoms with Crippen LogP contribution in [0.1, 0.15) is 5.56 Å². The van der Waals surface area contributed by atoms with Crippen LogP contribution >= 0.6 is 0 Å². The minimum atomic E-state index is -0.682. The Bertz CT molecular complexity index is 471. The maximum atomic E-state index is 12.8. The van der Waals surface area contributed by atoms with Gasteiger partial charge in [-0.05, 0) is 17.7 Å². The summed E-state index contributed by atoms with van der Waals surface area (Å²) in [5, 5.41) is 1.51. The largest absolute Gasteiger partial charge is 0.345 e. The smallest absolute Gasteiger partial charge is 0.241 e. The number of halogens is 1. The Labute approximate surface area is 110 Å². The second-order valence-corrected chi connectivity index (χ2v) is 4.73. The zero-order valence-electron chi connectivity index (χ0n) is 10.4. The number of hydrogen-bond donors (Lipinski definition) is 1. The van der Waals surface area contributed by atoms with E-state index in [0.29, 0.717) is 26.3 Å². The molecule has 0 aliphatic carbocycles. The molecule has 102 valence electrons. The monoisotopic (exact) mass is 266 g/mol. The fraction of sp³-hybridized carbons (Fsp3) is 0.462. The van der Waals surface area contributed by atoms with E-state index < -0.39 is 5.79 Å². The maximum Gasteiger partial charge on any atom is 0.241 e. The standard InChI is InChI=1S/C13H15FN2O3/c14-11-3-1-10(2-4-11)7-12(17)16-9-13(8-15-16)18-5-6-19-13/h1-4,15H,5-9H2. The van der Waals surface area contributed by atoms with Crippen LogP contribution < -0.4 is 5.43 Å². The summed E-state index contributed by atoms with van der Waals surface area (Å²) in [7, 11) is 0. The predicted molar refractivity (Wildman–Crippen MR) is 64.5 cm³/mol. The van der Waals surface area contributed by atoms with Crippen LogP contribution in [0.3, 0.4) is 0 Å². The van der Waals surface area contributed by atoms with Crippen LogP contribution in [0, 0.1) is 5.82 Å². The third kappa shape index (κ3) is 2.60. The van der Waals surface area contributed by atoms with E-state index in [1.165, 1.54) is 17.1 Å². The molecule has 2 heterocycles. The lowest BCUT2D eigenvalue weighted by Gasteiger charge is -2.20. The topological polar surface area (TPSA) is 50.8 Å². The number of amides is 1. The number of hydrogen-bond acceptors (Lipinski definition) is 4. The summed E-state index contributed by atoms with van der Waals surface area (Å²) in [6.07, 6.45) is 0.226. The molecular weight excluding hydrogens is 251 g/mol. The summed E-state index contributed by atoms with van der Waals surface area (Å²) in [5.41, 5.74) is 3.76. The molecule has 0 aromatic heterocycles. The maximum absolute atomic E-state index is 12.8. The van der Waals surface area contributed by atoms with E-state index in [9.17, 15) is 9.18 Å². The van der Waals surface area contributed by atoms with E-state index in [2.05, 4.69) is 5.43 Å². The minimum Gasteiger partial charge on any atom is -0.345 e. The van der Waals surface area contributed by atoms with Crippen LogP contribution in [0.2, 0.25) is 0 Å². The molecule has 2 fully saturated rings. The van der Waals surface area contributed by atoms with Gasteiger partial charge in [0.2, 0.25) is 11.7 Å². The van der Waals surface area contributed by atoms with Gasteiger partial charge in [0.1, 0.15) is 5.82 Å². The quantitative estimate of drug-likeness (QED) is 0.845. The van der Waals surface area contributed by atoms with Crippen molar-refractivity contribution in [3.8, 4) is 0 Å². The average Bonchev–Trinajstić information content (AvgIpc) is 3.03. The van der Waals surface area contributed by atoms with Crippen LogP contribution in [0.25, 0.3) is 0 Å². The summed E-state index contributed by atoms with van der Waals surface area (Å²) in [6, 6.07) is 5.93. The van der Waals surface area contributed by atoms with Gasteiger partial charge in [-0.25, -0.2) is 9.82 Å². The molecule has 0 unspecified atom stereocenters. The Morgan fingerprint density at radius 2 is 2.00 bits per heavy atom. The number of hydrazine groups is 1. The van der Waals surface area contributed by atoms with Crippen molar-refractivity contribution in [3.05, 3.63) is 35.6 Å². The van der Waals surface area contributed by atoms with E-state index in [4.69, 9.17) is 9.47 Å². The zero-order valence-corrected chi connectivity index (χ0v) is 10.4. The van der Waals surface area contributed by atoms with Crippen molar-refractivity contribution in [1.29, 1.82) is 0 Å². The highest BCUT2D eigenvalue weighted by molar-refractivity contribution is 5.78. The van der Waals surface area contributed by atoms with Gasteiger partial charge in [-0.2, -0.15) is 0 Å². The van der Waals surface area contributed by atoms with Crippen molar-refractivity contribution in [2.24, 2.45) is 0 Å². The third-order valence-corrected chi connectivity index (χ3v) is 3.32. The first kappa shape index (κ1) is 12.5. The molecule has 0 bridgehead atoms. The van der Waals surface area contributed by atoms with Crippen LogP contribution in [-0.4, -0.2) is 43.0 Å². The van der Waals surface area contributed by atoms with Crippen LogP contribution in [0.4, 0.5) is 4.39 Å². The Kier molecular flexibility index (Phi) is 3.22. The van der Waals surface area contributed by atoms with Crippen LogP contribution in [-0.2, 0) is 20.7 Å². The number of nitrogens with zero attached hydrogens (tertiary/aromatic N) is 1. The number of carbonyl (C=O) groups excluding carboxylic acids is 1. The molecule has 0 atom stereocenters. The molecule has 19 heavy (non-hydrogen) atoms. The van der Waals surface area contributed by atoms with Gasteiger partial charge in [0, 0.05) is 0 Å². The molecule has 0 saturated carbocycles. The number of nitrogens with one attached hydrogen (secondary N) is 1. The number of ether oxygens (including phenoxy) is 2. The van der Waals surface area contributed by atoms with Crippen molar-refractivity contribution >= 4 is 5.91 Å². The van der Waals surface area contributed by atoms with Gasteiger partial charge in [0.25, 0.3) is 0 Å². The van der Waals surface area contributed by atoms with E-state index in [0.717, 1.165) is 5.56 Å². The first-order valence-electron chi connectivity index (χ1n) is 6.23. The highest BCUT2D eigenvalue weighted by Crippen LogP contribution is 2.24. The number of carbonyl (C=O) groups is 1. The molecule has 1 N–H and O–H groups in total. The molecule has 2 aliphatic rings. The zero-order chi connectivity index (χ0) is 13.3. The summed E-state index contributed by atoms with van der Waals surface area (Å²) >= 11 is 0. The molecule has 1 aromatic carbocycles. The average molecular weight is 266 g/mol. The highest BCUT2D eigenvalue weighted by atomic mass is 19.1. The lowest BCUT2D eigenvalue weighted by Crippen LogP contribution is -2.39. The van der Waals surface area contributed by atoms with Crippen LogP contribution in [0.15, 0.2) is 24.3 Å². The second-order valence-electron chi connectivity index (χ2n) is 4.73. The Balaban J connectivity index is 1.61. The van der Waals surface area contributed by atoms with E-state index >= 15 is 0 Å². The molecular formula is C13H15FN2O3. The first-order valence-corrected chi connectivity index (χ1v) is 6.23. The lowest BCUT2D eigenvalue weighted by molar-refractivity contribution is -0.146. The molecule has 1 spiro atoms. The molecule has 1 amide bonds. The minimum absolute atomic E-state index is 0.0809. The van der Waals surface area contributed by atoms with Gasteiger partial charge in [-0.15, -0.1) is 0 Å².